The Kier molecular flexibility index (Phi) is 7.81. The molecule has 1 aromatic heterocycles. The maximum atomic E-state index is 2.73. The highest BCUT2D eigenvalue weighted by molar-refractivity contribution is 5.95. The summed E-state index contributed by atoms with van der Waals surface area (Å²) in [7, 11) is 0. The zero-order valence-corrected chi connectivity index (χ0v) is 29.5. The number of hydrogen-bond acceptors (Lipinski definition) is 1. The van der Waals surface area contributed by atoms with Crippen molar-refractivity contribution in [3.05, 3.63) is 142 Å². The molecule has 252 valence electrons. The second-order valence-corrected chi connectivity index (χ2v) is 15.8. The average molecular weight is 655 g/mol. The molecular weight excluding hydrogens is 605 g/mol. The lowest BCUT2D eigenvalue weighted by Crippen LogP contribution is -2.33. The zero-order chi connectivity index (χ0) is 33.0. The van der Waals surface area contributed by atoms with E-state index in [1.807, 2.05) is 0 Å². The maximum Gasteiger partial charge on any atom is 0.0630 e. The Morgan fingerprint density at radius 2 is 1.58 bits per heavy atom. The van der Waals surface area contributed by atoms with Crippen LogP contribution in [0.5, 0.6) is 0 Å². The first-order valence-corrected chi connectivity index (χ1v) is 19.9. The van der Waals surface area contributed by atoms with Crippen LogP contribution in [-0.4, -0.2) is 10.6 Å². The van der Waals surface area contributed by atoms with Gasteiger partial charge in [-0.05, 0) is 165 Å². The third-order valence-electron chi connectivity index (χ3n) is 12.9. The van der Waals surface area contributed by atoms with Crippen LogP contribution in [0.15, 0.2) is 126 Å². The lowest BCUT2D eigenvalue weighted by molar-refractivity contribution is 0.415. The van der Waals surface area contributed by atoms with Crippen molar-refractivity contribution in [3.8, 4) is 0 Å². The number of benzene rings is 2. The van der Waals surface area contributed by atoms with Gasteiger partial charge in [0.15, 0.2) is 0 Å². The minimum absolute atomic E-state index is 0.323. The van der Waals surface area contributed by atoms with Crippen LogP contribution in [0, 0.1) is 11.8 Å². The van der Waals surface area contributed by atoms with Crippen LogP contribution in [0.2, 0.25) is 0 Å². The second-order valence-electron chi connectivity index (χ2n) is 15.8. The van der Waals surface area contributed by atoms with Gasteiger partial charge in [0.2, 0.25) is 0 Å². The van der Waals surface area contributed by atoms with E-state index in [9.17, 15) is 0 Å². The van der Waals surface area contributed by atoms with Gasteiger partial charge in [0.1, 0.15) is 0 Å². The molecule has 2 heterocycles. The molecule has 0 fully saturated rings. The van der Waals surface area contributed by atoms with Crippen molar-refractivity contribution in [1.82, 2.24) is 4.57 Å². The lowest BCUT2D eigenvalue weighted by Gasteiger charge is -2.34. The summed E-state index contributed by atoms with van der Waals surface area (Å²) in [6, 6.07) is 19.2. The number of aromatic nitrogens is 1. The van der Waals surface area contributed by atoms with E-state index < -0.39 is 0 Å². The quantitative estimate of drug-likeness (QED) is 0.249. The molecule has 1 aliphatic heterocycles. The van der Waals surface area contributed by atoms with Crippen LogP contribution in [0.4, 0.5) is 5.69 Å². The number of allylic oxidation sites excluding steroid dienone is 13. The van der Waals surface area contributed by atoms with Gasteiger partial charge >= 0.3 is 0 Å². The van der Waals surface area contributed by atoms with Gasteiger partial charge in [-0.3, -0.25) is 0 Å². The third kappa shape index (κ3) is 5.12. The largest absolute Gasteiger partial charge is 0.337 e. The van der Waals surface area contributed by atoms with E-state index in [2.05, 4.69) is 119 Å². The monoisotopic (exact) mass is 654 g/mol. The van der Waals surface area contributed by atoms with Gasteiger partial charge in [-0.15, -0.1) is 0 Å². The predicted molar refractivity (Wildman–Crippen MR) is 212 cm³/mol. The van der Waals surface area contributed by atoms with E-state index in [1.165, 1.54) is 116 Å². The molecule has 4 atom stereocenters. The van der Waals surface area contributed by atoms with Crippen molar-refractivity contribution in [2.45, 2.75) is 102 Å². The van der Waals surface area contributed by atoms with E-state index in [1.54, 1.807) is 28.0 Å². The Morgan fingerprint density at radius 3 is 2.42 bits per heavy atom. The summed E-state index contributed by atoms with van der Waals surface area (Å²) in [6.07, 6.45) is 42.4. The number of nitrogens with zero attached hydrogens (tertiary/aromatic N) is 2. The van der Waals surface area contributed by atoms with E-state index in [4.69, 9.17) is 0 Å². The molecule has 3 aromatic rings. The van der Waals surface area contributed by atoms with Crippen LogP contribution in [-0.2, 0) is 0 Å². The second kappa shape index (κ2) is 12.8. The van der Waals surface area contributed by atoms with Gasteiger partial charge in [0, 0.05) is 28.4 Å². The Labute approximate surface area is 298 Å². The summed E-state index contributed by atoms with van der Waals surface area (Å²) in [5.41, 5.74) is 16.3. The molecule has 2 aromatic carbocycles. The molecule has 0 saturated carbocycles. The van der Waals surface area contributed by atoms with Crippen LogP contribution >= 0.6 is 0 Å². The molecule has 4 unspecified atom stereocenters. The Balaban J connectivity index is 1.10. The van der Waals surface area contributed by atoms with Gasteiger partial charge in [0.25, 0.3) is 0 Å². The van der Waals surface area contributed by atoms with Crippen molar-refractivity contribution >= 4 is 33.9 Å². The Bertz CT molecular complexity index is 2080. The van der Waals surface area contributed by atoms with Gasteiger partial charge in [-0.25, -0.2) is 0 Å². The van der Waals surface area contributed by atoms with Crippen molar-refractivity contribution < 1.29 is 0 Å². The zero-order valence-electron chi connectivity index (χ0n) is 29.5. The van der Waals surface area contributed by atoms with Gasteiger partial charge in [-0.2, -0.15) is 0 Å². The van der Waals surface area contributed by atoms with Crippen molar-refractivity contribution in [1.29, 1.82) is 0 Å². The molecule has 2 nitrogen and oxygen atoms in total. The molecule has 0 radical (unpaired) electrons. The minimum Gasteiger partial charge on any atom is -0.337 e. The van der Waals surface area contributed by atoms with Crippen molar-refractivity contribution in [2.24, 2.45) is 11.8 Å². The topological polar surface area (TPSA) is 8.17 Å². The SMILES string of the molecule is C1=CC(c2ccc(N3C4=C(CCCC4)C4c5c(n(C6=CC(C7C=CCCC7)CC(C7=CCCCC7)=C6)c6ccccc56)C=CC43)cc2)=CCC1. The fourth-order valence-electron chi connectivity index (χ4n) is 10.6. The molecule has 50 heavy (non-hydrogen) atoms. The Hall–Kier alpha value is -4.30. The highest BCUT2D eigenvalue weighted by Gasteiger charge is 2.45. The summed E-state index contributed by atoms with van der Waals surface area (Å²) in [6.45, 7) is 0. The number of fused-ring (bicyclic) bond motifs is 6. The molecule has 0 amide bonds. The molecular formula is C48H50N2. The first-order valence-electron chi connectivity index (χ1n) is 19.9. The summed E-state index contributed by atoms with van der Waals surface area (Å²) in [5, 5.41) is 1.44. The van der Waals surface area contributed by atoms with E-state index in [0.29, 0.717) is 23.8 Å². The first-order chi connectivity index (χ1) is 24.8. The van der Waals surface area contributed by atoms with Gasteiger partial charge in [-0.1, -0.05) is 78.9 Å². The number of hydrogen-bond donors (Lipinski definition) is 0. The standard InChI is InChI=1S/C48H50N2/c1-4-14-33(15-5-1)36-24-26-39(27-25-36)49-43-22-12-10-20-41(43)47-45(49)28-29-46-48(47)42-21-11-13-23-44(42)50(46)40-31-37(34-16-6-2-7-17-34)30-38(32-40)35-18-8-3-9-19-35/h4,6,11,13-16,18,21,23-29,31-32,34,37,45,47H,1-3,5,7-10,12,17,19-20,22,30H2. The van der Waals surface area contributed by atoms with Crippen LogP contribution in [0.3, 0.4) is 0 Å². The Morgan fingerprint density at radius 1 is 0.680 bits per heavy atom. The summed E-state index contributed by atoms with van der Waals surface area (Å²) < 4.78 is 2.67. The van der Waals surface area contributed by atoms with Crippen LogP contribution in [0.1, 0.15) is 113 Å². The highest BCUT2D eigenvalue weighted by Crippen LogP contribution is 2.55. The first kappa shape index (κ1) is 30.5. The molecule has 10 rings (SSSR count). The molecule has 0 bridgehead atoms. The van der Waals surface area contributed by atoms with E-state index in [-0.39, 0.29) is 0 Å². The third-order valence-corrected chi connectivity index (χ3v) is 12.9. The van der Waals surface area contributed by atoms with Gasteiger partial charge in [0.05, 0.1) is 17.3 Å². The normalized spacial score (nSPS) is 27.4. The summed E-state index contributed by atoms with van der Waals surface area (Å²) in [5.74, 6) is 1.59. The summed E-state index contributed by atoms with van der Waals surface area (Å²) in [4.78, 5) is 2.73. The fourth-order valence-corrected chi connectivity index (χ4v) is 10.6. The average Bonchev–Trinajstić information content (AvgIpc) is 3.72. The highest BCUT2D eigenvalue weighted by atomic mass is 15.2. The molecule has 2 heteroatoms. The summed E-state index contributed by atoms with van der Waals surface area (Å²) >= 11 is 0. The molecule has 6 aliphatic carbocycles. The van der Waals surface area contributed by atoms with Crippen LogP contribution < -0.4 is 4.90 Å². The maximum absolute atomic E-state index is 2.73. The molecule has 0 saturated heterocycles. The number of anilines is 1. The van der Waals surface area contributed by atoms with Crippen LogP contribution in [0.25, 0.3) is 28.2 Å². The molecule has 7 aliphatic rings. The molecule has 0 N–H and O–H groups in total. The fraction of sp³-hybridized carbons (Fsp3) is 0.375. The van der Waals surface area contributed by atoms with E-state index in [0.717, 1.165) is 12.8 Å². The van der Waals surface area contributed by atoms with Crippen molar-refractivity contribution in [2.75, 3.05) is 4.90 Å². The minimum atomic E-state index is 0.323. The molecule has 0 spiro atoms. The van der Waals surface area contributed by atoms with Gasteiger partial charge < -0.3 is 9.47 Å². The number of para-hydroxylation sites is 1. The lowest BCUT2D eigenvalue weighted by atomic mass is 9.76. The van der Waals surface area contributed by atoms with E-state index >= 15 is 0 Å². The predicted octanol–water partition coefficient (Wildman–Crippen LogP) is 12.8. The smallest absolute Gasteiger partial charge is 0.0630 e. The van der Waals surface area contributed by atoms with Crippen molar-refractivity contribution in [3.63, 3.8) is 0 Å². The number of rotatable bonds is 5.